The van der Waals surface area contributed by atoms with E-state index in [1.54, 1.807) is 18.2 Å². The number of benzene rings is 1. The van der Waals surface area contributed by atoms with Crippen molar-refractivity contribution in [3.05, 3.63) is 57.1 Å². The van der Waals surface area contributed by atoms with Crippen LogP contribution in [-0.4, -0.2) is 25.5 Å². The number of nitrogens with one attached hydrogen (secondary N) is 1. The lowest BCUT2D eigenvalue weighted by atomic mass is 10.1. The third-order valence-corrected chi connectivity index (χ3v) is 3.42. The fourth-order valence-corrected chi connectivity index (χ4v) is 2.37. The maximum atomic E-state index is 12.1. The second-order valence-electron chi connectivity index (χ2n) is 4.85. The molecule has 10 heteroatoms. The largest absolute Gasteiger partial charge is 0.464 e. The average Bonchev–Trinajstić information content (AvgIpc) is 3.26. The number of hydrogen-bond donors (Lipinski definition) is 1. The first-order chi connectivity index (χ1) is 11.6. The fraction of sp³-hybridized carbons (Fsp3) is 0. The van der Waals surface area contributed by atoms with Crippen molar-refractivity contribution < 1.29 is 13.8 Å². The van der Waals surface area contributed by atoms with Crippen LogP contribution in [0.25, 0.3) is 33.7 Å². The van der Waals surface area contributed by atoms with Crippen LogP contribution in [0.1, 0.15) is 0 Å². The van der Waals surface area contributed by atoms with E-state index in [4.69, 9.17) is 8.83 Å². The molecule has 1 N–H and O–H groups in total. The summed E-state index contributed by atoms with van der Waals surface area (Å²) in [6.45, 7) is 0. The van der Waals surface area contributed by atoms with E-state index in [0.29, 0.717) is 16.7 Å². The summed E-state index contributed by atoms with van der Waals surface area (Å²) in [5, 5.41) is 24.6. The molecule has 0 aliphatic rings. The number of rotatable bonds is 3. The third kappa shape index (κ3) is 2.13. The molecule has 0 aliphatic carbocycles. The van der Waals surface area contributed by atoms with Gasteiger partial charge in [-0.25, -0.2) is 9.89 Å². The smallest absolute Gasteiger partial charge is 0.347 e. The van der Waals surface area contributed by atoms with Gasteiger partial charge in [0.15, 0.2) is 5.82 Å². The van der Waals surface area contributed by atoms with E-state index in [2.05, 4.69) is 20.6 Å². The summed E-state index contributed by atoms with van der Waals surface area (Å²) in [5.41, 5.74) is -0.697. The minimum atomic E-state index is -0.783. The van der Waals surface area contributed by atoms with Crippen molar-refractivity contribution in [1.82, 2.24) is 20.6 Å². The Morgan fingerprint density at radius 2 is 2.12 bits per heavy atom. The van der Waals surface area contributed by atoms with E-state index in [1.807, 2.05) is 0 Å². The number of non-ortho nitro benzene ring substituents is 1. The zero-order chi connectivity index (χ0) is 16.7. The summed E-state index contributed by atoms with van der Waals surface area (Å²) < 4.78 is 10.4. The number of fused-ring (bicyclic) bond motifs is 1. The van der Waals surface area contributed by atoms with E-state index in [1.165, 1.54) is 18.4 Å². The van der Waals surface area contributed by atoms with Crippen molar-refractivity contribution in [2.24, 2.45) is 0 Å². The molecule has 4 rings (SSSR count). The van der Waals surface area contributed by atoms with E-state index in [9.17, 15) is 14.9 Å². The molecule has 24 heavy (non-hydrogen) atoms. The van der Waals surface area contributed by atoms with Crippen LogP contribution in [-0.2, 0) is 0 Å². The topological polar surface area (TPSA) is 141 Å². The lowest BCUT2D eigenvalue weighted by Gasteiger charge is -2.03. The molecule has 10 nitrogen and oxygen atoms in total. The summed E-state index contributed by atoms with van der Waals surface area (Å²) in [6, 6.07) is 7.69. The van der Waals surface area contributed by atoms with Crippen molar-refractivity contribution in [2.75, 3.05) is 0 Å². The van der Waals surface area contributed by atoms with Gasteiger partial charge in [-0.15, -0.1) is 5.10 Å². The molecule has 0 unspecified atom stereocenters. The van der Waals surface area contributed by atoms with Gasteiger partial charge in [-0.1, -0.05) is 0 Å². The molecule has 0 amide bonds. The summed E-state index contributed by atoms with van der Waals surface area (Å²) >= 11 is 0. The van der Waals surface area contributed by atoms with Gasteiger partial charge in [-0.2, -0.15) is 0 Å². The molecule has 0 atom stereocenters. The first-order valence-electron chi connectivity index (χ1n) is 6.68. The van der Waals surface area contributed by atoms with Gasteiger partial charge in [0.25, 0.3) is 0 Å². The molecule has 0 saturated carbocycles. The highest BCUT2D eigenvalue weighted by Crippen LogP contribution is 2.33. The highest BCUT2D eigenvalue weighted by molar-refractivity contribution is 5.91. The van der Waals surface area contributed by atoms with Crippen molar-refractivity contribution >= 4 is 16.7 Å². The first kappa shape index (κ1) is 13.8. The number of nitro groups is 1. The maximum absolute atomic E-state index is 12.1. The van der Waals surface area contributed by atoms with E-state index in [-0.39, 0.29) is 22.7 Å². The third-order valence-electron chi connectivity index (χ3n) is 3.42. The van der Waals surface area contributed by atoms with Crippen LogP contribution in [0, 0.1) is 10.1 Å². The number of tetrazole rings is 1. The molecule has 0 bridgehead atoms. The molecule has 0 spiro atoms. The van der Waals surface area contributed by atoms with Gasteiger partial charge in [0.2, 0.25) is 5.58 Å². The lowest BCUT2D eigenvalue weighted by Crippen LogP contribution is -2.05. The van der Waals surface area contributed by atoms with Gasteiger partial charge >= 0.3 is 11.3 Å². The van der Waals surface area contributed by atoms with E-state index >= 15 is 0 Å². The number of aromatic nitrogens is 4. The van der Waals surface area contributed by atoms with Crippen LogP contribution in [0.15, 0.2) is 50.2 Å². The quantitative estimate of drug-likeness (QED) is 0.343. The minimum Gasteiger partial charge on any atom is -0.464 e. The maximum Gasteiger partial charge on any atom is 0.347 e. The van der Waals surface area contributed by atoms with Gasteiger partial charge in [-0.3, -0.25) is 10.1 Å². The molecule has 0 radical (unpaired) electrons. The lowest BCUT2D eigenvalue weighted by molar-refractivity contribution is -0.383. The van der Waals surface area contributed by atoms with Crippen LogP contribution in [0.3, 0.4) is 0 Å². The highest BCUT2D eigenvalue weighted by atomic mass is 16.6. The molecule has 4 aromatic rings. The fourth-order valence-electron chi connectivity index (χ4n) is 2.37. The van der Waals surface area contributed by atoms with Gasteiger partial charge < -0.3 is 8.83 Å². The van der Waals surface area contributed by atoms with Crippen LogP contribution in [0.4, 0.5) is 5.69 Å². The zero-order valence-corrected chi connectivity index (χ0v) is 11.8. The summed E-state index contributed by atoms with van der Waals surface area (Å²) in [6.07, 6.45) is 1.46. The van der Waals surface area contributed by atoms with Crippen LogP contribution in [0.2, 0.25) is 0 Å². The van der Waals surface area contributed by atoms with Crippen LogP contribution in [0.5, 0.6) is 0 Å². The Labute approximate surface area is 131 Å². The summed E-state index contributed by atoms with van der Waals surface area (Å²) in [7, 11) is 0. The number of nitrogens with zero attached hydrogens (tertiary/aromatic N) is 4. The normalized spacial score (nSPS) is 11.0. The molecule has 0 saturated heterocycles. The predicted octanol–water partition coefficient (Wildman–Crippen LogP) is 2.14. The van der Waals surface area contributed by atoms with Crippen molar-refractivity contribution in [3.8, 4) is 22.7 Å². The van der Waals surface area contributed by atoms with Gasteiger partial charge in [-0.05, 0) is 34.7 Å². The Balaban J connectivity index is 2.05. The Kier molecular flexibility index (Phi) is 2.95. The molecule has 0 aliphatic heterocycles. The molecule has 0 fully saturated rings. The monoisotopic (exact) mass is 325 g/mol. The van der Waals surface area contributed by atoms with Gasteiger partial charge in [0, 0.05) is 17.0 Å². The average molecular weight is 325 g/mol. The van der Waals surface area contributed by atoms with Crippen molar-refractivity contribution in [1.29, 1.82) is 0 Å². The van der Waals surface area contributed by atoms with Crippen molar-refractivity contribution in [2.45, 2.75) is 0 Å². The SMILES string of the molecule is O=c1oc2c([N+](=O)[O-])cc(-c3ccco3)cc2cc1-c1nnn[nH]1. The zero-order valence-electron chi connectivity index (χ0n) is 11.8. The molecule has 3 aromatic heterocycles. The van der Waals surface area contributed by atoms with E-state index in [0.717, 1.165) is 0 Å². The van der Waals surface area contributed by atoms with Crippen LogP contribution >= 0.6 is 0 Å². The second-order valence-corrected chi connectivity index (χ2v) is 4.85. The standard InChI is InChI=1S/C14H7N5O5/c20-14-9(13-15-17-18-16-13)5-8-4-7(11-2-1-3-23-11)6-10(19(21)22)12(8)24-14/h1-6H,(H,15,16,17,18). The van der Waals surface area contributed by atoms with Crippen LogP contribution < -0.4 is 5.63 Å². The second kappa shape index (κ2) is 5.12. The minimum absolute atomic E-state index is 0.0680. The molecule has 118 valence electrons. The van der Waals surface area contributed by atoms with Gasteiger partial charge in [0.05, 0.1) is 11.2 Å². The number of hydrogen-bond acceptors (Lipinski definition) is 8. The Hall–Kier alpha value is -3.82. The molecule has 1 aromatic carbocycles. The summed E-state index contributed by atoms with van der Waals surface area (Å²) in [4.78, 5) is 22.8. The van der Waals surface area contributed by atoms with E-state index < -0.39 is 10.5 Å². The number of H-pyrrole nitrogens is 1. The van der Waals surface area contributed by atoms with Gasteiger partial charge in [0.1, 0.15) is 11.3 Å². The molecule has 3 heterocycles. The number of aromatic amines is 1. The first-order valence-corrected chi connectivity index (χ1v) is 6.68. The Morgan fingerprint density at radius 1 is 1.25 bits per heavy atom. The Bertz CT molecular complexity index is 1100. The highest BCUT2D eigenvalue weighted by Gasteiger charge is 2.21. The summed E-state index contributed by atoms with van der Waals surface area (Å²) in [5.74, 6) is 0.561. The predicted molar refractivity (Wildman–Crippen MR) is 80.0 cm³/mol. The molecular weight excluding hydrogens is 318 g/mol. The van der Waals surface area contributed by atoms with Crippen molar-refractivity contribution in [3.63, 3.8) is 0 Å². The Morgan fingerprint density at radius 3 is 2.79 bits per heavy atom. The number of nitro benzene ring substituents is 1. The molecular formula is C14H7N5O5. The number of furan rings is 1.